The van der Waals surface area contributed by atoms with E-state index in [1.807, 2.05) is 12.1 Å². The molecule has 1 spiro atoms. The average molecular weight is 580 g/mol. The van der Waals surface area contributed by atoms with E-state index >= 15 is 0 Å². The highest BCUT2D eigenvalue weighted by atomic mass is 35.5. The summed E-state index contributed by atoms with van der Waals surface area (Å²) in [5.41, 5.74) is -0.0728. The minimum atomic E-state index is -1.20. The van der Waals surface area contributed by atoms with Crippen LogP contribution in [0.3, 0.4) is 0 Å². The molecule has 2 aromatic carbocycles. The molecule has 1 aliphatic carbocycles. The Kier molecular flexibility index (Phi) is 7.64. The van der Waals surface area contributed by atoms with Gasteiger partial charge in [0.25, 0.3) is 0 Å². The van der Waals surface area contributed by atoms with E-state index in [2.05, 4.69) is 31.4 Å². The predicted octanol–water partition coefficient (Wildman–Crippen LogP) is 5.98. The highest BCUT2D eigenvalue weighted by Crippen LogP contribution is 2.60. The molecular weight excluding hydrogens is 546 g/mol. The highest BCUT2D eigenvalue weighted by Gasteiger charge is 2.66. The molecule has 5 nitrogen and oxygen atoms in total. The van der Waals surface area contributed by atoms with Crippen molar-refractivity contribution in [2.45, 2.75) is 93.3 Å². The molecule has 1 saturated carbocycles. The molecule has 3 aliphatic rings. The second-order valence-electron chi connectivity index (χ2n) is 12.0. The summed E-state index contributed by atoms with van der Waals surface area (Å²) in [7, 11) is 0. The molecule has 5 rings (SSSR count). The van der Waals surface area contributed by atoms with Gasteiger partial charge in [-0.2, -0.15) is 0 Å². The number of aliphatic hydroxyl groups excluding tert-OH is 1. The summed E-state index contributed by atoms with van der Waals surface area (Å²) in [5.74, 6) is -1.41. The van der Waals surface area contributed by atoms with Gasteiger partial charge in [0.05, 0.1) is 22.6 Å². The van der Waals surface area contributed by atoms with Crippen molar-refractivity contribution in [2.24, 2.45) is 5.41 Å². The summed E-state index contributed by atoms with van der Waals surface area (Å²) in [6.07, 6.45) is 2.91. The van der Waals surface area contributed by atoms with Crippen LogP contribution in [0.1, 0.15) is 69.9 Å². The van der Waals surface area contributed by atoms with Gasteiger partial charge < -0.3 is 15.7 Å². The van der Waals surface area contributed by atoms with Gasteiger partial charge in [-0.1, -0.05) is 67.9 Å². The lowest BCUT2D eigenvalue weighted by atomic mass is 9.63. The smallest absolute Gasteiger partial charge is 0.238 e. The molecule has 0 aromatic heterocycles. The molecule has 4 atom stereocenters. The number of hydrogen-bond acceptors (Lipinski definition) is 5. The summed E-state index contributed by atoms with van der Waals surface area (Å²) in [4.78, 5) is 28.8. The van der Waals surface area contributed by atoms with Crippen LogP contribution in [0.2, 0.25) is 10.0 Å². The lowest BCUT2D eigenvalue weighted by Crippen LogP contribution is -2.49. The lowest BCUT2D eigenvalue weighted by molar-refractivity contribution is -0.124. The Hall–Kier alpha value is -1.64. The number of fused-ring (bicyclic) bond motifs is 2. The molecule has 38 heavy (non-hydrogen) atoms. The van der Waals surface area contributed by atoms with Crippen LogP contribution in [0.5, 0.6) is 0 Å². The molecular formula is C29H33Cl2FN2O3S. The first-order valence-electron chi connectivity index (χ1n) is 13.1. The number of carbonyl (C=O) groups is 2. The van der Waals surface area contributed by atoms with Crippen molar-refractivity contribution in [3.8, 4) is 0 Å². The molecule has 2 fully saturated rings. The first-order chi connectivity index (χ1) is 17.9. The quantitative estimate of drug-likeness (QED) is 0.415. The zero-order valence-electron chi connectivity index (χ0n) is 21.7. The van der Waals surface area contributed by atoms with Crippen LogP contribution < -0.4 is 10.6 Å². The fourth-order valence-corrected chi connectivity index (χ4v) is 8.19. The summed E-state index contributed by atoms with van der Waals surface area (Å²) < 4.78 is 15.0. The number of benzene rings is 2. The van der Waals surface area contributed by atoms with Crippen LogP contribution in [0.4, 0.5) is 4.39 Å². The van der Waals surface area contributed by atoms with Gasteiger partial charge >= 0.3 is 0 Å². The second-order valence-corrected chi connectivity index (χ2v) is 13.9. The number of amides is 1. The van der Waals surface area contributed by atoms with E-state index in [4.69, 9.17) is 23.2 Å². The SMILES string of the molecule is CC(C)(C)CC1NC(C(=O)NC2CCC(O)CC2)C(c2cccc(Cl)c2)C12C(=O)Sc1cc(Cl)c(F)cc12. The van der Waals surface area contributed by atoms with Crippen molar-refractivity contribution < 1.29 is 19.1 Å². The van der Waals surface area contributed by atoms with Crippen molar-refractivity contribution in [1.29, 1.82) is 0 Å². The van der Waals surface area contributed by atoms with Gasteiger partial charge in [0.15, 0.2) is 0 Å². The van der Waals surface area contributed by atoms with E-state index in [-0.39, 0.29) is 33.6 Å². The Labute approximate surface area is 237 Å². The van der Waals surface area contributed by atoms with Crippen LogP contribution in [-0.2, 0) is 15.0 Å². The third-order valence-electron chi connectivity index (χ3n) is 8.11. The van der Waals surface area contributed by atoms with E-state index in [1.165, 1.54) is 12.1 Å². The largest absolute Gasteiger partial charge is 0.393 e. The number of halogens is 3. The predicted molar refractivity (Wildman–Crippen MR) is 149 cm³/mol. The Morgan fingerprint density at radius 3 is 2.55 bits per heavy atom. The minimum absolute atomic E-state index is 0.0347. The molecule has 2 aromatic rings. The van der Waals surface area contributed by atoms with E-state index in [9.17, 15) is 19.1 Å². The molecule has 1 amide bonds. The molecule has 0 bridgehead atoms. The van der Waals surface area contributed by atoms with Gasteiger partial charge in [-0.05, 0) is 72.9 Å². The monoisotopic (exact) mass is 578 g/mol. The third kappa shape index (κ3) is 5.01. The number of carbonyl (C=O) groups excluding carboxylic acids is 2. The zero-order valence-corrected chi connectivity index (χ0v) is 24.0. The second kappa shape index (κ2) is 10.4. The molecule has 9 heteroatoms. The van der Waals surface area contributed by atoms with Crippen LogP contribution >= 0.6 is 35.0 Å². The van der Waals surface area contributed by atoms with Crippen molar-refractivity contribution >= 4 is 46.0 Å². The first kappa shape index (κ1) is 27.9. The van der Waals surface area contributed by atoms with Crippen LogP contribution in [0.15, 0.2) is 41.3 Å². The van der Waals surface area contributed by atoms with E-state index in [0.717, 1.165) is 17.3 Å². The Morgan fingerprint density at radius 2 is 1.89 bits per heavy atom. The Balaban J connectivity index is 1.66. The van der Waals surface area contributed by atoms with E-state index in [1.54, 1.807) is 12.1 Å². The minimum Gasteiger partial charge on any atom is -0.393 e. The van der Waals surface area contributed by atoms with Crippen molar-refractivity contribution in [1.82, 2.24) is 10.6 Å². The summed E-state index contributed by atoms with van der Waals surface area (Å²) in [6.45, 7) is 6.27. The van der Waals surface area contributed by atoms with Gasteiger partial charge in [-0.15, -0.1) is 0 Å². The molecule has 0 radical (unpaired) electrons. The molecule has 4 unspecified atom stereocenters. The number of aliphatic hydroxyl groups is 1. The number of hydrogen-bond donors (Lipinski definition) is 3. The molecule has 204 valence electrons. The summed E-state index contributed by atoms with van der Waals surface area (Å²) >= 11 is 13.6. The van der Waals surface area contributed by atoms with Crippen LogP contribution in [0.25, 0.3) is 0 Å². The number of rotatable bonds is 4. The van der Waals surface area contributed by atoms with Gasteiger partial charge in [0.1, 0.15) is 5.82 Å². The Bertz CT molecular complexity index is 1260. The number of nitrogens with one attached hydrogen (secondary N) is 2. The van der Waals surface area contributed by atoms with Crippen LogP contribution in [0, 0.1) is 11.2 Å². The van der Waals surface area contributed by atoms with Crippen molar-refractivity contribution in [3.63, 3.8) is 0 Å². The van der Waals surface area contributed by atoms with Gasteiger partial charge in [0, 0.05) is 27.9 Å². The van der Waals surface area contributed by atoms with E-state index < -0.39 is 29.2 Å². The van der Waals surface area contributed by atoms with E-state index in [0.29, 0.717) is 47.6 Å². The third-order valence-corrected chi connectivity index (χ3v) is 9.72. The topological polar surface area (TPSA) is 78.4 Å². The fourth-order valence-electron chi connectivity index (χ4n) is 6.50. The molecule has 2 heterocycles. The maximum Gasteiger partial charge on any atom is 0.238 e. The molecule has 2 aliphatic heterocycles. The lowest BCUT2D eigenvalue weighted by Gasteiger charge is -2.38. The number of thioether (sulfide) groups is 1. The summed E-state index contributed by atoms with van der Waals surface area (Å²) in [5, 5.41) is 17.0. The van der Waals surface area contributed by atoms with Gasteiger partial charge in [0.2, 0.25) is 11.0 Å². The van der Waals surface area contributed by atoms with Crippen molar-refractivity contribution in [3.05, 3.63) is 63.4 Å². The highest BCUT2D eigenvalue weighted by molar-refractivity contribution is 8.14. The van der Waals surface area contributed by atoms with Gasteiger partial charge in [-0.3, -0.25) is 9.59 Å². The fraction of sp³-hybridized carbons (Fsp3) is 0.517. The first-order valence-corrected chi connectivity index (χ1v) is 14.7. The van der Waals surface area contributed by atoms with Crippen molar-refractivity contribution in [2.75, 3.05) is 0 Å². The van der Waals surface area contributed by atoms with Gasteiger partial charge in [-0.25, -0.2) is 4.39 Å². The molecule has 3 N–H and O–H groups in total. The maximum absolute atomic E-state index is 15.0. The normalized spacial score (nSPS) is 31.0. The standard InChI is InChI=1S/C29H33Cl2FN2O3S/c1-28(2,3)14-23-29(19-12-21(32)20(31)13-22(19)38-27(29)37)24(15-5-4-6-16(30)11-15)25(34-23)26(36)33-17-7-9-18(35)10-8-17/h4-6,11-13,17-18,23-25,34-35H,7-10,14H2,1-3H3,(H,33,36). The Morgan fingerprint density at radius 1 is 1.18 bits per heavy atom. The summed E-state index contributed by atoms with van der Waals surface area (Å²) in [6, 6.07) is 8.93. The molecule has 1 saturated heterocycles. The zero-order chi connectivity index (χ0) is 27.4. The maximum atomic E-state index is 15.0. The van der Waals surface area contributed by atoms with Crippen LogP contribution in [-0.4, -0.2) is 40.4 Å². The average Bonchev–Trinajstić information content (AvgIpc) is 3.30.